The fourth-order valence-electron chi connectivity index (χ4n) is 1.81. The Morgan fingerprint density at radius 1 is 1.58 bits per heavy atom. The maximum absolute atomic E-state index is 11.2. The van der Waals surface area contributed by atoms with Gasteiger partial charge in [0, 0.05) is 18.3 Å². The van der Waals surface area contributed by atoms with E-state index in [1.807, 2.05) is 0 Å². The molecule has 1 atom stereocenters. The quantitative estimate of drug-likeness (QED) is 0.883. The summed E-state index contributed by atoms with van der Waals surface area (Å²) in [6.07, 6.45) is 3.59. The van der Waals surface area contributed by atoms with Gasteiger partial charge in [-0.3, -0.25) is 4.79 Å². The van der Waals surface area contributed by atoms with Crippen LogP contribution in [0.25, 0.3) is 0 Å². The van der Waals surface area contributed by atoms with E-state index in [9.17, 15) is 4.79 Å². The SMILES string of the molecule is Cl.Cl.NC(=O)c1ncc(Cl)cc1OC[C@H]1CCCN1. The fourth-order valence-corrected chi connectivity index (χ4v) is 1.95. The first-order valence-corrected chi connectivity index (χ1v) is 5.86. The van der Waals surface area contributed by atoms with E-state index in [4.69, 9.17) is 22.1 Å². The van der Waals surface area contributed by atoms with Gasteiger partial charge >= 0.3 is 0 Å². The van der Waals surface area contributed by atoms with Crippen molar-refractivity contribution in [2.45, 2.75) is 18.9 Å². The second-order valence-corrected chi connectivity index (χ2v) is 4.41. The van der Waals surface area contributed by atoms with Crippen molar-refractivity contribution in [3.8, 4) is 5.75 Å². The third kappa shape index (κ3) is 5.03. The normalized spacial score (nSPS) is 17.2. The second kappa shape index (κ2) is 8.43. The summed E-state index contributed by atoms with van der Waals surface area (Å²) >= 11 is 5.81. The molecule has 1 aromatic heterocycles. The number of amides is 1. The number of aromatic nitrogens is 1. The van der Waals surface area contributed by atoms with Gasteiger partial charge in [-0.1, -0.05) is 11.6 Å². The molecule has 3 N–H and O–H groups in total. The average molecular weight is 329 g/mol. The number of ether oxygens (including phenoxy) is 1. The van der Waals surface area contributed by atoms with E-state index >= 15 is 0 Å². The van der Waals surface area contributed by atoms with Gasteiger partial charge in [0.25, 0.3) is 5.91 Å². The number of hydrogen-bond donors (Lipinski definition) is 2. The molecule has 1 saturated heterocycles. The first-order valence-electron chi connectivity index (χ1n) is 5.48. The fraction of sp³-hybridized carbons (Fsp3) is 0.455. The number of nitrogens with two attached hydrogens (primary N) is 1. The summed E-state index contributed by atoms with van der Waals surface area (Å²) in [7, 11) is 0. The highest BCUT2D eigenvalue weighted by molar-refractivity contribution is 6.30. The van der Waals surface area contributed by atoms with Crippen molar-refractivity contribution in [3.63, 3.8) is 0 Å². The van der Waals surface area contributed by atoms with E-state index in [0.29, 0.717) is 23.4 Å². The van der Waals surface area contributed by atoms with Gasteiger partial charge in [-0.25, -0.2) is 4.98 Å². The number of pyridine rings is 1. The number of carbonyl (C=O) groups excluding carboxylic acids is 1. The molecule has 1 aliphatic heterocycles. The molecule has 5 nitrogen and oxygen atoms in total. The molecule has 8 heteroatoms. The van der Waals surface area contributed by atoms with E-state index in [1.165, 1.54) is 6.20 Å². The molecule has 1 aromatic rings. The topological polar surface area (TPSA) is 77.2 Å². The summed E-state index contributed by atoms with van der Waals surface area (Å²) in [4.78, 5) is 15.0. The molecule has 0 unspecified atom stereocenters. The van der Waals surface area contributed by atoms with Crippen molar-refractivity contribution in [2.75, 3.05) is 13.2 Å². The average Bonchev–Trinajstić information content (AvgIpc) is 2.78. The number of nitrogens with one attached hydrogen (secondary N) is 1. The Morgan fingerprint density at radius 2 is 2.32 bits per heavy atom. The van der Waals surface area contributed by atoms with Crippen LogP contribution in [0.1, 0.15) is 23.3 Å². The Balaban J connectivity index is 0.00000162. The summed E-state index contributed by atoms with van der Waals surface area (Å²) in [5.41, 5.74) is 5.33. The van der Waals surface area contributed by atoms with E-state index in [2.05, 4.69) is 10.3 Å². The Hall–Kier alpha value is -0.750. The zero-order valence-electron chi connectivity index (χ0n) is 10.1. The third-order valence-electron chi connectivity index (χ3n) is 2.66. The minimum Gasteiger partial charge on any atom is -0.489 e. The molecule has 2 rings (SSSR count). The molecular weight excluding hydrogens is 312 g/mol. The van der Waals surface area contributed by atoms with E-state index in [-0.39, 0.29) is 30.5 Å². The van der Waals surface area contributed by atoms with Crippen molar-refractivity contribution in [1.29, 1.82) is 0 Å². The van der Waals surface area contributed by atoms with Crippen molar-refractivity contribution in [3.05, 3.63) is 23.0 Å². The molecular formula is C11H16Cl3N3O2. The van der Waals surface area contributed by atoms with Crippen LogP contribution in [0, 0.1) is 0 Å². The number of nitrogens with zero attached hydrogens (tertiary/aromatic N) is 1. The highest BCUT2D eigenvalue weighted by atomic mass is 35.5. The number of primary amides is 1. The molecule has 0 radical (unpaired) electrons. The lowest BCUT2D eigenvalue weighted by molar-refractivity contribution is 0.0990. The number of hydrogen-bond acceptors (Lipinski definition) is 4. The zero-order chi connectivity index (χ0) is 12.3. The van der Waals surface area contributed by atoms with Gasteiger partial charge in [0.05, 0.1) is 5.02 Å². The summed E-state index contributed by atoms with van der Waals surface area (Å²) in [6.45, 7) is 1.49. The van der Waals surface area contributed by atoms with Crippen LogP contribution in [0.4, 0.5) is 0 Å². The predicted octanol–water partition coefficient (Wildman–Crippen LogP) is 1.81. The molecule has 0 saturated carbocycles. The van der Waals surface area contributed by atoms with Gasteiger partial charge in [-0.2, -0.15) is 0 Å². The highest BCUT2D eigenvalue weighted by Crippen LogP contribution is 2.21. The molecule has 1 amide bonds. The maximum Gasteiger partial charge on any atom is 0.271 e. The Morgan fingerprint density at radius 3 is 2.89 bits per heavy atom. The van der Waals surface area contributed by atoms with Gasteiger partial charge in [0.2, 0.25) is 0 Å². The molecule has 0 aliphatic carbocycles. The van der Waals surface area contributed by atoms with Crippen molar-refractivity contribution in [1.82, 2.24) is 10.3 Å². The molecule has 0 aromatic carbocycles. The van der Waals surface area contributed by atoms with Gasteiger partial charge < -0.3 is 15.8 Å². The number of halogens is 3. The van der Waals surface area contributed by atoms with Crippen molar-refractivity contribution in [2.24, 2.45) is 5.73 Å². The van der Waals surface area contributed by atoms with E-state index in [1.54, 1.807) is 6.07 Å². The minimum absolute atomic E-state index is 0. The summed E-state index contributed by atoms with van der Waals surface area (Å²) in [5, 5.41) is 3.72. The largest absolute Gasteiger partial charge is 0.489 e. The lowest BCUT2D eigenvalue weighted by Gasteiger charge is -2.13. The summed E-state index contributed by atoms with van der Waals surface area (Å²) in [6, 6.07) is 1.87. The summed E-state index contributed by atoms with van der Waals surface area (Å²) < 4.78 is 5.55. The maximum atomic E-state index is 11.2. The lowest BCUT2D eigenvalue weighted by Crippen LogP contribution is -2.28. The van der Waals surface area contributed by atoms with Crippen molar-refractivity contribution < 1.29 is 9.53 Å². The predicted molar refractivity (Wildman–Crippen MR) is 78.8 cm³/mol. The monoisotopic (exact) mass is 327 g/mol. The van der Waals surface area contributed by atoms with E-state index in [0.717, 1.165) is 19.4 Å². The molecule has 1 fully saturated rings. The number of carbonyl (C=O) groups is 1. The van der Waals surface area contributed by atoms with Gasteiger partial charge in [0.15, 0.2) is 11.4 Å². The Labute approximate surface area is 129 Å². The van der Waals surface area contributed by atoms with Crippen LogP contribution in [0.3, 0.4) is 0 Å². The smallest absolute Gasteiger partial charge is 0.271 e. The number of rotatable bonds is 4. The van der Waals surface area contributed by atoms with E-state index < -0.39 is 5.91 Å². The van der Waals surface area contributed by atoms with Crippen LogP contribution in [0.2, 0.25) is 5.02 Å². The molecule has 0 spiro atoms. The summed E-state index contributed by atoms with van der Waals surface area (Å²) in [5.74, 6) is -0.269. The Kier molecular flexibility index (Phi) is 8.09. The minimum atomic E-state index is -0.615. The van der Waals surface area contributed by atoms with Crippen LogP contribution in [-0.2, 0) is 0 Å². The van der Waals surface area contributed by atoms with Crippen LogP contribution in [0.5, 0.6) is 5.75 Å². The molecule has 19 heavy (non-hydrogen) atoms. The standard InChI is InChI=1S/C11H14ClN3O2.2ClH/c12-7-4-9(10(11(13)16)15-5-7)17-6-8-2-1-3-14-8;;/h4-5,8,14H,1-3,6H2,(H2,13,16);2*1H/t8-;;/m1../s1. The van der Waals surface area contributed by atoms with Crippen LogP contribution in [0.15, 0.2) is 12.3 Å². The molecule has 1 aliphatic rings. The first kappa shape index (κ1) is 18.2. The van der Waals surface area contributed by atoms with Gasteiger partial charge in [-0.15, -0.1) is 24.8 Å². The molecule has 0 bridgehead atoms. The first-order chi connectivity index (χ1) is 8.16. The molecule has 108 valence electrons. The highest BCUT2D eigenvalue weighted by Gasteiger charge is 2.17. The van der Waals surface area contributed by atoms with Crippen LogP contribution >= 0.6 is 36.4 Å². The lowest BCUT2D eigenvalue weighted by atomic mass is 10.2. The van der Waals surface area contributed by atoms with Gasteiger partial charge in [0.1, 0.15) is 6.61 Å². The van der Waals surface area contributed by atoms with Gasteiger partial charge in [-0.05, 0) is 19.4 Å². The molecule has 2 heterocycles. The zero-order valence-corrected chi connectivity index (χ0v) is 12.5. The second-order valence-electron chi connectivity index (χ2n) is 3.97. The third-order valence-corrected chi connectivity index (χ3v) is 2.86. The van der Waals surface area contributed by atoms with Crippen LogP contribution < -0.4 is 15.8 Å². The Bertz CT molecular complexity index is 426. The van der Waals surface area contributed by atoms with Crippen LogP contribution in [-0.4, -0.2) is 30.1 Å². The van der Waals surface area contributed by atoms with Crippen molar-refractivity contribution >= 4 is 42.3 Å².